The average Bonchev–Trinajstić information content (AvgIpc) is 3.21. The van der Waals surface area contributed by atoms with Crippen LogP contribution in [0.2, 0.25) is 0 Å². The van der Waals surface area contributed by atoms with Crippen molar-refractivity contribution in [3.63, 3.8) is 0 Å². The molecular weight excluding hydrogens is 280 g/mol. The van der Waals surface area contributed by atoms with Gasteiger partial charge in [0.25, 0.3) is 0 Å². The minimum Gasteiger partial charge on any atom is -0.477 e. The summed E-state index contributed by atoms with van der Waals surface area (Å²) in [5.41, 5.74) is -0.660. The molecular formula is C12H14N4O5. The number of carbonyl (C=O) groups excluding carboxylic acids is 1. The molecule has 9 heteroatoms. The lowest BCUT2D eigenvalue weighted by molar-refractivity contribution is -0.384. The number of aromatic nitrogens is 1. The van der Waals surface area contributed by atoms with Crippen molar-refractivity contribution < 1.29 is 19.6 Å². The van der Waals surface area contributed by atoms with Gasteiger partial charge in [-0.25, -0.2) is 9.78 Å². The third kappa shape index (κ3) is 3.65. The molecule has 2 N–H and O–H groups in total. The summed E-state index contributed by atoms with van der Waals surface area (Å²) in [4.78, 5) is 37.9. The van der Waals surface area contributed by atoms with Crippen LogP contribution in [-0.2, 0) is 4.79 Å². The van der Waals surface area contributed by atoms with Gasteiger partial charge in [-0.05, 0) is 18.9 Å². The van der Waals surface area contributed by atoms with E-state index < -0.39 is 10.9 Å². The van der Waals surface area contributed by atoms with E-state index in [1.54, 1.807) is 0 Å². The van der Waals surface area contributed by atoms with Gasteiger partial charge in [-0.3, -0.25) is 14.9 Å². The molecule has 1 aliphatic rings. The van der Waals surface area contributed by atoms with E-state index >= 15 is 0 Å². The Balaban J connectivity index is 2.21. The van der Waals surface area contributed by atoms with Gasteiger partial charge in [0.2, 0.25) is 11.7 Å². The first-order valence-electron chi connectivity index (χ1n) is 6.27. The van der Waals surface area contributed by atoms with E-state index in [0.29, 0.717) is 0 Å². The number of hydrogen-bond acceptors (Lipinski definition) is 6. The van der Waals surface area contributed by atoms with Crippen molar-refractivity contribution in [2.75, 3.05) is 18.5 Å². The predicted octanol–water partition coefficient (Wildman–Crippen LogP) is 0.403. The number of amides is 1. The molecule has 1 aromatic heterocycles. The van der Waals surface area contributed by atoms with Crippen LogP contribution in [0.3, 0.4) is 0 Å². The number of carboxylic acid groups (broad SMARTS) is 1. The minimum absolute atomic E-state index is 0.132. The smallest absolute Gasteiger partial charge is 0.354 e. The number of carbonyl (C=O) groups is 2. The van der Waals surface area contributed by atoms with E-state index in [2.05, 4.69) is 10.3 Å². The molecule has 9 nitrogen and oxygen atoms in total. The molecule has 0 radical (unpaired) electrons. The lowest BCUT2D eigenvalue weighted by Gasteiger charge is -2.17. The molecule has 21 heavy (non-hydrogen) atoms. The maximum Gasteiger partial charge on any atom is 0.354 e. The van der Waals surface area contributed by atoms with Crippen LogP contribution in [-0.4, -0.2) is 46.5 Å². The molecule has 0 aliphatic heterocycles. The van der Waals surface area contributed by atoms with Gasteiger partial charge in [0.05, 0.1) is 11.5 Å². The van der Waals surface area contributed by atoms with Crippen molar-refractivity contribution in [1.29, 1.82) is 0 Å². The Morgan fingerprint density at radius 2 is 2.19 bits per heavy atom. The molecule has 0 atom stereocenters. The van der Waals surface area contributed by atoms with Crippen LogP contribution < -0.4 is 10.2 Å². The predicted molar refractivity (Wildman–Crippen MR) is 72.3 cm³/mol. The second-order valence-electron chi connectivity index (χ2n) is 4.80. The number of pyridine rings is 1. The Bertz CT molecular complexity index is 599. The average molecular weight is 294 g/mol. The Hall–Kier alpha value is -2.71. The maximum atomic E-state index is 11.7. The van der Waals surface area contributed by atoms with E-state index in [4.69, 9.17) is 5.11 Å². The summed E-state index contributed by atoms with van der Waals surface area (Å²) in [7, 11) is 1.45. The van der Waals surface area contributed by atoms with Gasteiger partial charge in [-0.2, -0.15) is 0 Å². The molecule has 1 fully saturated rings. The molecule has 1 amide bonds. The SMILES string of the molecule is CN(CC(=O)NC1CC1)c1nc(C(=O)O)ccc1[N+](=O)[O-]. The highest BCUT2D eigenvalue weighted by atomic mass is 16.6. The van der Waals surface area contributed by atoms with Crippen LogP contribution in [0.15, 0.2) is 12.1 Å². The normalized spacial score (nSPS) is 13.6. The number of carboxylic acids is 1. The standard InChI is InChI=1S/C12H14N4O5/c1-15(6-10(17)13-7-2-3-7)11-9(16(20)21)5-4-8(14-11)12(18)19/h4-5,7H,2-3,6H2,1H3,(H,13,17)(H,18,19). The molecule has 0 bridgehead atoms. The lowest BCUT2D eigenvalue weighted by Crippen LogP contribution is -2.37. The fraction of sp³-hybridized carbons (Fsp3) is 0.417. The zero-order valence-electron chi connectivity index (χ0n) is 11.3. The highest BCUT2D eigenvalue weighted by Gasteiger charge is 2.26. The number of anilines is 1. The molecule has 1 aromatic rings. The summed E-state index contributed by atoms with van der Waals surface area (Å²) < 4.78 is 0. The zero-order chi connectivity index (χ0) is 15.6. The van der Waals surface area contributed by atoms with Crippen molar-refractivity contribution in [2.45, 2.75) is 18.9 Å². The summed E-state index contributed by atoms with van der Waals surface area (Å²) in [6.07, 6.45) is 1.87. The van der Waals surface area contributed by atoms with Gasteiger partial charge < -0.3 is 15.3 Å². The summed E-state index contributed by atoms with van der Waals surface area (Å²) in [6, 6.07) is 2.31. The van der Waals surface area contributed by atoms with Crippen LogP contribution in [0.4, 0.5) is 11.5 Å². The minimum atomic E-state index is -1.29. The van der Waals surface area contributed by atoms with E-state index in [-0.39, 0.29) is 35.7 Å². The molecule has 0 spiro atoms. The first kappa shape index (κ1) is 14.7. The Labute approximate surface area is 119 Å². The lowest BCUT2D eigenvalue weighted by atomic mass is 10.3. The Morgan fingerprint density at radius 1 is 1.52 bits per heavy atom. The van der Waals surface area contributed by atoms with Crippen LogP contribution in [0.5, 0.6) is 0 Å². The summed E-state index contributed by atoms with van der Waals surface area (Å²) in [5.74, 6) is -1.72. The van der Waals surface area contributed by atoms with E-state index in [0.717, 1.165) is 25.0 Å². The van der Waals surface area contributed by atoms with Crippen LogP contribution in [0, 0.1) is 10.1 Å². The molecule has 2 rings (SSSR count). The van der Waals surface area contributed by atoms with Crippen molar-refractivity contribution >= 4 is 23.4 Å². The largest absolute Gasteiger partial charge is 0.477 e. The summed E-state index contributed by atoms with van der Waals surface area (Å²) in [6.45, 7) is -0.132. The number of nitro groups is 1. The van der Waals surface area contributed by atoms with Gasteiger partial charge in [0.1, 0.15) is 0 Å². The van der Waals surface area contributed by atoms with Crippen LogP contribution >= 0.6 is 0 Å². The van der Waals surface area contributed by atoms with E-state index in [1.807, 2.05) is 0 Å². The molecule has 0 unspecified atom stereocenters. The molecule has 1 saturated carbocycles. The molecule has 0 saturated heterocycles. The van der Waals surface area contributed by atoms with Crippen molar-refractivity contribution in [3.05, 3.63) is 27.9 Å². The van der Waals surface area contributed by atoms with Gasteiger partial charge in [-0.1, -0.05) is 0 Å². The topological polar surface area (TPSA) is 126 Å². The van der Waals surface area contributed by atoms with Crippen LogP contribution in [0.25, 0.3) is 0 Å². The number of aromatic carboxylic acids is 1. The highest BCUT2D eigenvalue weighted by Crippen LogP contribution is 2.25. The molecule has 0 aromatic carbocycles. The number of hydrogen-bond donors (Lipinski definition) is 2. The summed E-state index contributed by atoms with van der Waals surface area (Å²) >= 11 is 0. The maximum absolute atomic E-state index is 11.7. The van der Waals surface area contributed by atoms with Crippen molar-refractivity contribution in [2.24, 2.45) is 0 Å². The van der Waals surface area contributed by atoms with E-state index in [9.17, 15) is 19.7 Å². The number of likely N-dealkylation sites (N-methyl/N-ethyl adjacent to an activating group) is 1. The first-order chi connectivity index (χ1) is 9.88. The number of rotatable bonds is 6. The monoisotopic (exact) mass is 294 g/mol. The highest BCUT2D eigenvalue weighted by molar-refractivity contribution is 5.87. The zero-order valence-corrected chi connectivity index (χ0v) is 11.3. The summed E-state index contributed by atoms with van der Waals surface area (Å²) in [5, 5.41) is 22.6. The fourth-order valence-corrected chi connectivity index (χ4v) is 1.77. The Kier molecular flexibility index (Phi) is 4.01. The third-order valence-electron chi connectivity index (χ3n) is 2.96. The number of nitrogens with one attached hydrogen (secondary N) is 1. The third-order valence-corrected chi connectivity index (χ3v) is 2.96. The van der Waals surface area contributed by atoms with Gasteiger partial charge in [0, 0.05) is 19.2 Å². The van der Waals surface area contributed by atoms with Crippen LogP contribution in [0.1, 0.15) is 23.3 Å². The van der Waals surface area contributed by atoms with Gasteiger partial charge >= 0.3 is 11.7 Å². The molecule has 1 heterocycles. The van der Waals surface area contributed by atoms with Gasteiger partial charge in [0.15, 0.2) is 5.69 Å². The second kappa shape index (κ2) is 5.73. The fourth-order valence-electron chi connectivity index (χ4n) is 1.77. The second-order valence-corrected chi connectivity index (χ2v) is 4.80. The first-order valence-corrected chi connectivity index (χ1v) is 6.27. The quantitative estimate of drug-likeness (QED) is 0.574. The van der Waals surface area contributed by atoms with E-state index in [1.165, 1.54) is 11.9 Å². The molecule has 112 valence electrons. The number of nitrogens with zero attached hydrogens (tertiary/aromatic N) is 3. The Morgan fingerprint density at radius 3 is 2.71 bits per heavy atom. The van der Waals surface area contributed by atoms with Gasteiger partial charge in [-0.15, -0.1) is 0 Å². The van der Waals surface area contributed by atoms with Crippen molar-refractivity contribution in [3.8, 4) is 0 Å². The molecule has 1 aliphatic carbocycles. The van der Waals surface area contributed by atoms with Crippen molar-refractivity contribution in [1.82, 2.24) is 10.3 Å².